The number of hydrogen-bond acceptors (Lipinski definition) is 10. The van der Waals surface area contributed by atoms with Crippen LogP contribution in [0.3, 0.4) is 0 Å². The van der Waals surface area contributed by atoms with Gasteiger partial charge in [0, 0.05) is 30.9 Å². The number of hydroxylamine groups is 1. The van der Waals surface area contributed by atoms with Gasteiger partial charge in [0.25, 0.3) is 0 Å². The summed E-state index contributed by atoms with van der Waals surface area (Å²) in [4.78, 5) is 40.5. The normalized spacial score (nSPS) is 14.4. The molecule has 4 heterocycles. The number of aliphatic hydroxyl groups is 2. The number of nitrogens with one attached hydrogen (secondary N) is 1. The summed E-state index contributed by atoms with van der Waals surface area (Å²) in [5.74, 6) is -0.668. The SMILES string of the molecule is Cc1cc(N2CC(NOC(CO)CO)C2)nc2c1c(=O)c(C(=O)O)cn2-c1nccs1. The van der Waals surface area contributed by atoms with Crippen LogP contribution in [0.15, 0.2) is 28.6 Å². The van der Waals surface area contributed by atoms with Gasteiger partial charge in [-0.15, -0.1) is 11.3 Å². The van der Waals surface area contributed by atoms with Crippen molar-refractivity contribution >= 4 is 34.2 Å². The zero-order chi connectivity index (χ0) is 22.1. The second kappa shape index (κ2) is 8.69. The lowest BCUT2D eigenvalue weighted by molar-refractivity contribution is -0.0895. The Morgan fingerprint density at radius 2 is 2.13 bits per heavy atom. The first-order chi connectivity index (χ1) is 14.9. The molecule has 12 heteroatoms. The third-order valence-corrected chi connectivity index (χ3v) is 5.78. The summed E-state index contributed by atoms with van der Waals surface area (Å²) in [6, 6.07) is 1.73. The number of carboxylic acids is 1. The second-order valence-electron chi connectivity index (χ2n) is 7.18. The monoisotopic (exact) mass is 447 g/mol. The van der Waals surface area contributed by atoms with Crippen LogP contribution in [0, 0.1) is 6.92 Å². The van der Waals surface area contributed by atoms with Crippen LogP contribution in [0.4, 0.5) is 5.82 Å². The molecule has 0 saturated carbocycles. The van der Waals surface area contributed by atoms with Crippen LogP contribution in [-0.2, 0) is 4.84 Å². The van der Waals surface area contributed by atoms with Crippen molar-refractivity contribution in [3.63, 3.8) is 0 Å². The lowest BCUT2D eigenvalue weighted by Gasteiger charge is -2.40. The molecule has 0 spiro atoms. The molecule has 3 aromatic rings. The van der Waals surface area contributed by atoms with Crippen molar-refractivity contribution in [1.82, 2.24) is 20.0 Å². The Bertz CT molecular complexity index is 1150. The molecule has 0 amide bonds. The maximum absolute atomic E-state index is 12.8. The van der Waals surface area contributed by atoms with Crippen molar-refractivity contribution in [2.75, 3.05) is 31.2 Å². The summed E-state index contributed by atoms with van der Waals surface area (Å²) in [7, 11) is 0. The fraction of sp³-hybridized carbons (Fsp3) is 0.368. The van der Waals surface area contributed by atoms with Gasteiger partial charge in [-0.25, -0.2) is 14.8 Å². The summed E-state index contributed by atoms with van der Waals surface area (Å²) < 4.78 is 1.53. The van der Waals surface area contributed by atoms with Crippen molar-refractivity contribution in [2.24, 2.45) is 0 Å². The molecule has 4 N–H and O–H groups in total. The van der Waals surface area contributed by atoms with Crippen LogP contribution < -0.4 is 15.8 Å². The topological polar surface area (TPSA) is 150 Å². The zero-order valence-corrected chi connectivity index (χ0v) is 17.4. The van der Waals surface area contributed by atoms with Crippen LogP contribution in [0.2, 0.25) is 0 Å². The van der Waals surface area contributed by atoms with Gasteiger partial charge in [-0.05, 0) is 18.6 Å². The third kappa shape index (κ3) is 4.03. The van der Waals surface area contributed by atoms with Crippen molar-refractivity contribution in [3.05, 3.63) is 45.2 Å². The number of aromatic nitrogens is 3. The first-order valence-corrected chi connectivity index (χ1v) is 10.4. The zero-order valence-electron chi connectivity index (χ0n) is 16.6. The van der Waals surface area contributed by atoms with Crippen LogP contribution in [0.1, 0.15) is 15.9 Å². The Hall–Kier alpha value is -2.90. The first-order valence-electron chi connectivity index (χ1n) is 9.51. The number of aromatic carboxylic acids is 1. The highest BCUT2D eigenvalue weighted by atomic mass is 32.1. The van der Waals surface area contributed by atoms with Gasteiger partial charge in [0.1, 0.15) is 17.5 Å². The number of aryl methyl sites for hydroxylation is 1. The number of thiazole rings is 1. The van der Waals surface area contributed by atoms with Gasteiger partial charge >= 0.3 is 5.97 Å². The number of rotatable bonds is 8. The minimum absolute atomic E-state index is 0.0195. The molecule has 3 aromatic heterocycles. The molecule has 164 valence electrons. The fourth-order valence-corrected chi connectivity index (χ4v) is 3.96. The fourth-order valence-electron chi connectivity index (χ4n) is 3.34. The number of fused-ring (bicyclic) bond motifs is 1. The van der Waals surface area contributed by atoms with E-state index >= 15 is 0 Å². The van der Waals surface area contributed by atoms with Gasteiger partial charge in [-0.2, -0.15) is 5.48 Å². The lowest BCUT2D eigenvalue weighted by atomic mass is 10.1. The predicted octanol–water partition coefficient (Wildman–Crippen LogP) is -0.0882. The molecule has 0 atom stereocenters. The van der Waals surface area contributed by atoms with E-state index in [0.29, 0.717) is 35.2 Å². The molecule has 1 saturated heterocycles. The maximum atomic E-state index is 12.8. The highest BCUT2D eigenvalue weighted by Gasteiger charge is 2.30. The molecule has 1 aliphatic rings. The second-order valence-corrected chi connectivity index (χ2v) is 8.06. The number of carboxylic acid groups (broad SMARTS) is 1. The summed E-state index contributed by atoms with van der Waals surface area (Å²) >= 11 is 1.31. The Balaban J connectivity index is 1.67. The van der Waals surface area contributed by atoms with E-state index in [1.54, 1.807) is 24.6 Å². The van der Waals surface area contributed by atoms with Crippen LogP contribution in [-0.4, -0.2) is 74.3 Å². The van der Waals surface area contributed by atoms with E-state index in [2.05, 4.69) is 15.4 Å². The molecule has 0 unspecified atom stereocenters. The molecular formula is C19H21N5O6S. The van der Waals surface area contributed by atoms with Crippen LogP contribution in [0.25, 0.3) is 16.2 Å². The highest BCUT2D eigenvalue weighted by Crippen LogP contribution is 2.26. The van der Waals surface area contributed by atoms with Gasteiger partial charge in [-0.1, -0.05) is 0 Å². The van der Waals surface area contributed by atoms with E-state index in [0.717, 1.165) is 0 Å². The smallest absolute Gasteiger partial charge is 0.341 e. The third-order valence-electron chi connectivity index (χ3n) is 5.01. The molecule has 1 fully saturated rings. The van der Waals surface area contributed by atoms with Crippen molar-refractivity contribution in [2.45, 2.75) is 19.1 Å². The number of anilines is 1. The van der Waals surface area contributed by atoms with Crippen LogP contribution >= 0.6 is 11.3 Å². The van der Waals surface area contributed by atoms with E-state index < -0.39 is 17.5 Å². The van der Waals surface area contributed by atoms with Gasteiger partial charge in [0.15, 0.2) is 10.8 Å². The lowest BCUT2D eigenvalue weighted by Crippen LogP contribution is -2.59. The molecule has 0 radical (unpaired) electrons. The number of aliphatic hydroxyl groups excluding tert-OH is 2. The predicted molar refractivity (Wildman–Crippen MR) is 113 cm³/mol. The summed E-state index contributed by atoms with van der Waals surface area (Å²) in [5.41, 5.74) is 2.85. The average Bonchev–Trinajstić information content (AvgIpc) is 3.24. The minimum Gasteiger partial charge on any atom is -0.477 e. The van der Waals surface area contributed by atoms with Crippen molar-refractivity contribution in [1.29, 1.82) is 0 Å². The van der Waals surface area contributed by atoms with E-state index in [4.69, 9.17) is 15.1 Å². The summed E-state index contributed by atoms with van der Waals surface area (Å²) in [6.07, 6.45) is 2.17. The standard InChI is InChI=1S/C19H21N5O6S/c1-10-4-14(23-5-11(6-23)22-30-12(8-25)9-26)21-17-15(10)16(27)13(18(28)29)7-24(17)19-20-2-3-31-19/h2-4,7,11-12,22,25-26H,5-6,8-9H2,1H3,(H,28,29). The van der Waals surface area contributed by atoms with E-state index in [9.17, 15) is 14.7 Å². The minimum atomic E-state index is -1.30. The number of hydrogen-bond donors (Lipinski definition) is 4. The molecule has 4 rings (SSSR count). The van der Waals surface area contributed by atoms with Gasteiger partial charge in [0.2, 0.25) is 5.43 Å². The largest absolute Gasteiger partial charge is 0.477 e. The summed E-state index contributed by atoms with van der Waals surface area (Å²) in [6.45, 7) is 2.29. The maximum Gasteiger partial charge on any atom is 0.341 e. The van der Waals surface area contributed by atoms with E-state index in [-0.39, 0.29) is 30.2 Å². The molecular weight excluding hydrogens is 426 g/mol. The molecule has 0 aliphatic carbocycles. The quantitative estimate of drug-likeness (QED) is 0.345. The van der Waals surface area contributed by atoms with E-state index in [1.165, 1.54) is 22.1 Å². The number of pyridine rings is 2. The van der Waals surface area contributed by atoms with Gasteiger partial charge in [-0.3, -0.25) is 14.2 Å². The Morgan fingerprint density at radius 1 is 1.39 bits per heavy atom. The van der Waals surface area contributed by atoms with E-state index in [1.807, 2.05) is 4.90 Å². The molecule has 1 aliphatic heterocycles. The molecule has 31 heavy (non-hydrogen) atoms. The van der Waals surface area contributed by atoms with Crippen molar-refractivity contribution < 1.29 is 25.0 Å². The molecule has 0 bridgehead atoms. The van der Waals surface area contributed by atoms with Crippen molar-refractivity contribution in [3.8, 4) is 5.13 Å². The van der Waals surface area contributed by atoms with Gasteiger partial charge in [0.05, 0.1) is 24.6 Å². The average molecular weight is 447 g/mol. The van der Waals surface area contributed by atoms with Gasteiger partial charge < -0.3 is 20.2 Å². The highest BCUT2D eigenvalue weighted by molar-refractivity contribution is 7.12. The first kappa shape index (κ1) is 21.3. The number of carbonyl (C=O) groups is 1. The number of nitrogens with zero attached hydrogens (tertiary/aromatic N) is 4. The molecule has 11 nitrogen and oxygen atoms in total. The Morgan fingerprint density at radius 3 is 2.74 bits per heavy atom. The summed E-state index contributed by atoms with van der Waals surface area (Å²) in [5, 5.41) is 30.1. The Labute approximate surface area is 180 Å². The molecule has 0 aromatic carbocycles. The van der Waals surface area contributed by atoms with Crippen LogP contribution in [0.5, 0.6) is 0 Å². The Kier molecular flexibility index (Phi) is 5.98.